The highest BCUT2D eigenvalue weighted by Crippen LogP contribution is 2.22. The van der Waals surface area contributed by atoms with Crippen molar-refractivity contribution in [2.45, 2.75) is 45.1 Å². The molecule has 2 rings (SSSR count). The summed E-state index contributed by atoms with van der Waals surface area (Å²) in [6, 6.07) is 0.335. The predicted molar refractivity (Wildman–Crippen MR) is 83.2 cm³/mol. The van der Waals surface area contributed by atoms with Crippen LogP contribution in [0.25, 0.3) is 0 Å². The molecular weight excluding hydrogens is 250 g/mol. The fraction of sp³-hybridized carbons (Fsp3) is 0.562. The van der Waals surface area contributed by atoms with E-state index in [9.17, 15) is 4.79 Å². The number of hydrogen-bond acceptors (Lipinski definition) is 2. The van der Waals surface area contributed by atoms with Gasteiger partial charge >= 0.3 is 5.69 Å². The van der Waals surface area contributed by atoms with Crippen molar-refractivity contribution in [2.24, 2.45) is 0 Å². The zero-order valence-corrected chi connectivity index (χ0v) is 12.4. The van der Waals surface area contributed by atoms with E-state index in [4.69, 9.17) is 0 Å². The maximum absolute atomic E-state index is 12.2. The van der Waals surface area contributed by atoms with Crippen LogP contribution in [-0.2, 0) is 0 Å². The number of imidazole rings is 1. The number of aromatic nitrogens is 2. The quantitative estimate of drug-likeness (QED) is 0.812. The first kappa shape index (κ1) is 14.9. The summed E-state index contributed by atoms with van der Waals surface area (Å²) in [6.07, 6.45) is 13.4. The first-order valence-corrected chi connectivity index (χ1v) is 7.52. The Morgan fingerprint density at radius 1 is 1.35 bits per heavy atom. The van der Waals surface area contributed by atoms with Crippen molar-refractivity contribution in [2.75, 3.05) is 13.1 Å². The minimum Gasteiger partial charge on any atom is -0.317 e. The van der Waals surface area contributed by atoms with Crippen LogP contribution in [0, 0.1) is 0 Å². The molecule has 0 radical (unpaired) electrons. The SMILES string of the molecule is C/C=C\CC(/C=C\C)c1cn(C2CCNCC2)c(=O)[nH]1. The van der Waals surface area contributed by atoms with Crippen molar-refractivity contribution in [3.8, 4) is 0 Å². The van der Waals surface area contributed by atoms with Crippen molar-refractivity contribution < 1.29 is 0 Å². The Kier molecular flexibility index (Phi) is 5.41. The van der Waals surface area contributed by atoms with Crippen molar-refractivity contribution in [1.29, 1.82) is 0 Å². The Balaban J connectivity index is 2.21. The first-order chi connectivity index (χ1) is 9.76. The monoisotopic (exact) mass is 275 g/mol. The number of rotatable bonds is 5. The summed E-state index contributed by atoms with van der Waals surface area (Å²) in [4.78, 5) is 15.2. The maximum atomic E-state index is 12.2. The van der Waals surface area contributed by atoms with Crippen LogP contribution in [0.3, 0.4) is 0 Å². The van der Waals surface area contributed by atoms with E-state index in [1.165, 1.54) is 0 Å². The lowest BCUT2D eigenvalue weighted by Gasteiger charge is -2.23. The Hall–Kier alpha value is -1.55. The van der Waals surface area contributed by atoms with Gasteiger partial charge in [-0.3, -0.25) is 4.57 Å². The largest absolute Gasteiger partial charge is 0.325 e. The maximum Gasteiger partial charge on any atom is 0.325 e. The van der Waals surface area contributed by atoms with Gasteiger partial charge in [0.25, 0.3) is 0 Å². The summed E-state index contributed by atoms with van der Waals surface area (Å²) >= 11 is 0. The molecule has 1 aromatic heterocycles. The minimum absolute atomic E-state index is 0.0295. The second-order valence-corrected chi connectivity index (χ2v) is 5.34. The minimum atomic E-state index is 0.0295. The molecule has 0 aromatic carbocycles. The molecule has 2 heterocycles. The summed E-state index contributed by atoms with van der Waals surface area (Å²) < 4.78 is 1.89. The van der Waals surface area contributed by atoms with Gasteiger partial charge in [-0.2, -0.15) is 0 Å². The van der Waals surface area contributed by atoms with E-state index in [2.05, 4.69) is 28.5 Å². The Morgan fingerprint density at radius 2 is 2.10 bits per heavy atom. The first-order valence-electron chi connectivity index (χ1n) is 7.52. The lowest BCUT2D eigenvalue weighted by Crippen LogP contribution is -2.32. The molecule has 0 saturated carbocycles. The summed E-state index contributed by atoms with van der Waals surface area (Å²) in [5.41, 5.74) is 1.05. The van der Waals surface area contributed by atoms with Crippen LogP contribution in [0.5, 0.6) is 0 Å². The van der Waals surface area contributed by atoms with Crippen LogP contribution in [-0.4, -0.2) is 22.6 Å². The third-order valence-corrected chi connectivity index (χ3v) is 3.92. The normalized spacial score (nSPS) is 19.1. The van der Waals surface area contributed by atoms with Gasteiger partial charge in [0, 0.05) is 23.9 Å². The molecule has 1 unspecified atom stereocenters. The lowest BCUT2D eigenvalue weighted by atomic mass is 10.0. The van der Waals surface area contributed by atoms with E-state index in [0.29, 0.717) is 6.04 Å². The van der Waals surface area contributed by atoms with Gasteiger partial charge in [0.2, 0.25) is 0 Å². The summed E-state index contributed by atoms with van der Waals surface area (Å²) in [6.45, 7) is 6.03. The zero-order valence-electron chi connectivity index (χ0n) is 12.4. The van der Waals surface area contributed by atoms with Crippen LogP contribution in [0.15, 0.2) is 35.3 Å². The zero-order chi connectivity index (χ0) is 14.4. The van der Waals surface area contributed by atoms with Gasteiger partial charge in [-0.15, -0.1) is 0 Å². The van der Waals surface area contributed by atoms with E-state index < -0.39 is 0 Å². The van der Waals surface area contributed by atoms with Gasteiger partial charge in [0.05, 0.1) is 0 Å². The summed E-state index contributed by atoms with van der Waals surface area (Å²) in [5.74, 6) is 0.256. The number of hydrogen-bond donors (Lipinski definition) is 2. The standard InChI is InChI=1S/C16H25N3O/c1-3-5-7-13(6-4-2)15-12-19(16(20)18-15)14-8-10-17-11-9-14/h3-6,12-14,17H,7-11H2,1-2H3,(H,18,20)/b5-3-,6-4-. The van der Waals surface area contributed by atoms with Gasteiger partial charge in [0.1, 0.15) is 0 Å². The molecule has 1 aliphatic heterocycles. The molecule has 4 nitrogen and oxygen atoms in total. The van der Waals surface area contributed by atoms with Crippen LogP contribution in [0.4, 0.5) is 0 Å². The highest BCUT2D eigenvalue weighted by atomic mass is 16.1. The smallest absolute Gasteiger partial charge is 0.317 e. The number of H-pyrrole nitrogens is 1. The van der Waals surface area contributed by atoms with Crippen molar-refractivity contribution in [1.82, 2.24) is 14.9 Å². The molecule has 1 aliphatic rings. The van der Waals surface area contributed by atoms with Crippen molar-refractivity contribution in [3.05, 3.63) is 46.7 Å². The molecule has 2 N–H and O–H groups in total. The number of nitrogens with one attached hydrogen (secondary N) is 2. The number of nitrogens with zero attached hydrogens (tertiary/aromatic N) is 1. The second kappa shape index (κ2) is 7.29. The van der Waals surface area contributed by atoms with Gasteiger partial charge in [-0.05, 0) is 46.2 Å². The van der Waals surface area contributed by atoms with Crippen LogP contribution in [0.2, 0.25) is 0 Å². The molecule has 110 valence electrons. The highest BCUT2D eigenvalue weighted by molar-refractivity contribution is 5.15. The Morgan fingerprint density at radius 3 is 2.75 bits per heavy atom. The molecule has 4 heteroatoms. The van der Waals surface area contributed by atoms with E-state index in [0.717, 1.165) is 38.0 Å². The van der Waals surface area contributed by atoms with Crippen LogP contribution in [0.1, 0.15) is 50.8 Å². The van der Waals surface area contributed by atoms with E-state index in [-0.39, 0.29) is 11.6 Å². The molecule has 0 aliphatic carbocycles. The molecule has 1 aromatic rings. The number of allylic oxidation sites excluding steroid dienone is 4. The molecular formula is C16H25N3O. The van der Waals surface area contributed by atoms with Gasteiger partial charge in [-0.1, -0.05) is 24.3 Å². The second-order valence-electron chi connectivity index (χ2n) is 5.34. The third-order valence-electron chi connectivity index (χ3n) is 3.92. The average molecular weight is 275 g/mol. The van der Waals surface area contributed by atoms with Crippen molar-refractivity contribution >= 4 is 0 Å². The Bertz CT molecular complexity index is 518. The van der Waals surface area contributed by atoms with Crippen molar-refractivity contribution in [3.63, 3.8) is 0 Å². The molecule has 1 fully saturated rings. The molecule has 1 saturated heterocycles. The van der Waals surface area contributed by atoms with Crippen LogP contribution < -0.4 is 11.0 Å². The van der Waals surface area contributed by atoms with Crippen LogP contribution >= 0.6 is 0 Å². The highest BCUT2D eigenvalue weighted by Gasteiger charge is 2.19. The van der Waals surface area contributed by atoms with Gasteiger partial charge in [-0.25, -0.2) is 4.79 Å². The Labute approximate surface area is 120 Å². The molecule has 0 amide bonds. The van der Waals surface area contributed by atoms with Gasteiger partial charge in [0.15, 0.2) is 0 Å². The molecule has 0 bridgehead atoms. The molecule has 0 spiro atoms. The molecule has 20 heavy (non-hydrogen) atoms. The number of piperidine rings is 1. The predicted octanol–water partition coefficient (Wildman–Crippen LogP) is 2.73. The summed E-state index contributed by atoms with van der Waals surface area (Å²) in [5, 5.41) is 3.34. The molecule has 1 atom stereocenters. The van der Waals surface area contributed by atoms with Gasteiger partial charge < -0.3 is 10.3 Å². The number of aromatic amines is 1. The van der Waals surface area contributed by atoms with E-state index >= 15 is 0 Å². The third kappa shape index (κ3) is 3.51. The lowest BCUT2D eigenvalue weighted by molar-refractivity contribution is 0.361. The van der Waals surface area contributed by atoms with E-state index in [1.54, 1.807) is 0 Å². The fourth-order valence-electron chi connectivity index (χ4n) is 2.80. The fourth-order valence-corrected chi connectivity index (χ4v) is 2.80. The topological polar surface area (TPSA) is 49.8 Å². The van der Waals surface area contributed by atoms with E-state index in [1.807, 2.05) is 30.7 Å². The summed E-state index contributed by atoms with van der Waals surface area (Å²) in [7, 11) is 0. The average Bonchev–Trinajstić information content (AvgIpc) is 2.86.